The van der Waals surface area contributed by atoms with Gasteiger partial charge in [-0.25, -0.2) is 4.79 Å². The van der Waals surface area contributed by atoms with Gasteiger partial charge in [0.1, 0.15) is 13.2 Å². The van der Waals surface area contributed by atoms with Crippen molar-refractivity contribution < 1.29 is 19.1 Å². The minimum atomic E-state index is -1.08. The second kappa shape index (κ2) is 8.19. The highest BCUT2D eigenvalue weighted by atomic mass is 16.6. The van der Waals surface area contributed by atoms with Crippen LogP contribution in [0.15, 0.2) is 91.0 Å². The Balaban J connectivity index is 1.62. The van der Waals surface area contributed by atoms with E-state index in [1.807, 2.05) is 91.0 Å². The molecular weight excluding hydrogens is 366 g/mol. The lowest BCUT2D eigenvalue weighted by molar-refractivity contribution is -0.168. The number of nitrogens with zero attached hydrogens (tertiary/aromatic N) is 1. The van der Waals surface area contributed by atoms with Crippen LogP contribution in [0.4, 0.5) is 4.79 Å². The van der Waals surface area contributed by atoms with Crippen molar-refractivity contribution in [1.29, 1.82) is 0 Å². The van der Waals surface area contributed by atoms with E-state index in [9.17, 15) is 9.59 Å². The normalized spacial score (nSPS) is 15.4. The van der Waals surface area contributed by atoms with Gasteiger partial charge in [-0.3, -0.25) is 9.69 Å². The molecule has 0 atom stereocenters. The molecule has 1 heterocycles. The summed E-state index contributed by atoms with van der Waals surface area (Å²) in [6, 6.07) is 28.4. The first-order valence-electron chi connectivity index (χ1n) is 9.46. The molecule has 0 bridgehead atoms. The lowest BCUT2D eigenvalue weighted by atomic mass is 9.84. The molecule has 29 heavy (non-hydrogen) atoms. The summed E-state index contributed by atoms with van der Waals surface area (Å²) in [5.41, 5.74) is 1.42. The standard InChI is InChI=1S/C24H21NO4/c26-22-16-25(23(27)28-17-19-10-4-1-5-11-19)18-24(29-22,20-12-6-2-7-13-20)21-14-8-3-9-15-21/h1-15H,16-18H2. The summed E-state index contributed by atoms with van der Waals surface area (Å²) in [4.78, 5) is 26.7. The van der Waals surface area contributed by atoms with E-state index in [2.05, 4.69) is 0 Å². The zero-order valence-corrected chi connectivity index (χ0v) is 15.9. The van der Waals surface area contributed by atoms with Gasteiger partial charge in [0.2, 0.25) is 0 Å². The van der Waals surface area contributed by atoms with Crippen LogP contribution in [-0.4, -0.2) is 30.1 Å². The third-order valence-electron chi connectivity index (χ3n) is 4.97. The summed E-state index contributed by atoms with van der Waals surface area (Å²) >= 11 is 0. The fourth-order valence-electron chi connectivity index (χ4n) is 3.56. The average Bonchev–Trinajstić information content (AvgIpc) is 2.79. The fourth-order valence-corrected chi connectivity index (χ4v) is 3.56. The van der Waals surface area contributed by atoms with Crippen molar-refractivity contribution in [3.8, 4) is 0 Å². The van der Waals surface area contributed by atoms with Crippen molar-refractivity contribution in [3.63, 3.8) is 0 Å². The quantitative estimate of drug-likeness (QED) is 0.632. The van der Waals surface area contributed by atoms with Crippen molar-refractivity contribution in [2.24, 2.45) is 0 Å². The molecule has 5 nitrogen and oxygen atoms in total. The maximum Gasteiger partial charge on any atom is 0.410 e. The van der Waals surface area contributed by atoms with Crippen LogP contribution in [0.1, 0.15) is 16.7 Å². The van der Waals surface area contributed by atoms with Crippen LogP contribution in [0.5, 0.6) is 0 Å². The molecule has 4 rings (SSSR count). The second-order valence-corrected chi connectivity index (χ2v) is 6.93. The van der Waals surface area contributed by atoms with E-state index in [0.29, 0.717) is 0 Å². The smallest absolute Gasteiger partial charge is 0.410 e. The third-order valence-corrected chi connectivity index (χ3v) is 4.97. The van der Waals surface area contributed by atoms with Crippen LogP contribution in [0.3, 0.4) is 0 Å². The lowest BCUT2D eigenvalue weighted by Crippen LogP contribution is -2.54. The predicted octanol–water partition coefficient (Wildman–Crippen LogP) is 4.13. The first-order chi connectivity index (χ1) is 14.2. The van der Waals surface area contributed by atoms with Gasteiger partial charge in [-0.05, 0) is 5.56 Å². The van der Waals surface area contributed by atoms with E-state index in [1.165, 1.54) is 4.90 Å². The number of hydrogen-bond donors (Lipinski definition) is 0. The number of carbonyl (C=O) groups excluding carboxylic acids is 2. The van der Waals surface area contributed by atoms with Gasteiger partial charge >= 0.3 is 12.1 Å². The summed E-state index contributed by atoms with van der Waals surface area (Å²) in [5, 5.41) is 0. The van der Waals surface area contributed by atoms with E-state index in [4.69, 9.17) is 9.47 Å². The Morgan fingerprint density at radius 3 is 1.93 bits per heavy atom. The fraction of sp³-hybridized carbons (Fsp3) is 0.167. The van der Waals surface area contributed by atoms with Gasteiger partial charge in [-0.1, -0.05) is 91.0 Å². The average molecular weight is 387 g/mol. The molecule has 1 saturated heterocycles. The number of carbonyl (C=O) groups is 2. The molecule has 0 unspecified atom stereocenters. The number of ether oxygens (including phenoxy) is 2. The summed E-state index contributed by atoms with van der Waals surface area (Å²) in [5.74, 6) is -0.472. The first-order valence-corrected chi connectivity index (χ1v) is 9.46. The zero-order valence-electron chi connectivity index (χ0n) is 15.9. The molecule has 146 valence electrons. The summed E-state index contributed by atoms with van der Waals surface area (Å²) in [6.45, 7) is 0.185. The highest BCUT2D eigenvalue weighted by molar-refractivity contribution is 5.80. The number of cyclic esters (lactones) is 1. The molecule has 1 aliphatic heterocycles. The highest BCUT2D eigenvalue weighted by Crippen LogP contribution is 2.37. The number of esters is 1. The van der Waals surface area contributed by atoms with Gasteiger partial charge in [0, 0.05) is 11.1 Å². The van der Waals surface area contributed by atoms with Gasteiger partial charge in [0.05, 0.1) is 6.54 Å². The summed E-state index contributed by atoms with van der Waals surface area (Å²) in [6.07, 6.45) is -0.540. The van der Waals surface area contributed by atoms with Crippen molar-refractivity contribution in [1.82, 2.24) is 4.90 Å². The SMILES string of the molecule is O=C1CN(C(=O)OCc2ccccc2)CC(c2ccccc2)(c2ccccc2)O1. The van der Waals surface area contributed by atoms with Gasteiger partial charge in [0.15, 0.2) is 5.60 Å². The van der Waals surface area contributed by atoms with Crippen LogP contribution < -0.4 is 0 Å². The Labute approximate surface area is 169 Å². The second-order valence-electron chi connectivity index (χ2n) is 6.93. The molecule has 0 saturated carbocycles. The molecule has 0 aliphatic carbocycles. The molecular formula is C24H21NO4. The Morgan fingerprint density at radius 1 is 0.862 bits per heavy atom. The Bertz CT molecular complexity index is 934. The largest absolute Gasteiger partial charge is 0.446 e. The van der Waals surface area contributed by atoms with E-state index >= 15 is 0 Å². The van der Waals surface area contributed by atoms with Crippen LogP contribution in [0.25, 0.3) is 0 Å². The maximum atomic E-state index is 12.8. The number of benzene rings is 3. The van der Waals surface area contributed by atoms with Crippen molar-refractivity contribution in [2.75, 3.05) is 13.1 Å². The topological polar surface area (TPSA) is 55.8 Å². The maximum absolute atomic E-state index is 12.8. The van der Waals surface area contributed by atoms with Crippen molar-refractivity contribution in [3.05, 3.63) is 108 Å². The molecule has 1 amide bonds. The number of hydrogen-bond acceptors (Lipinski definition) is 4. The molecule has 1 fully saturated rings. The molecule has 0 radical (unpaired) electrons. The molecule has 1 aliphatic rings. The predicted molar refractivity (Wildman–Crippen MR) is 108 cm³/mol. The molecule has 5 heteroatoms. The van der Waals surface area contributed by atoms with Gasteiger partial charge in [-0.15, -0.1) is 0 Å². The van der Waals surface area contributed by atoms with Crippen molar-refractivity contribution >= 4 is 12.1 Å². The monoisotopic (exact) mass is 387 g/mol. The minimum Gasteiger partial charge on any atom is -0.446 e. The van der Waals surface area contributed by atoms with Gasteiger partial charge in [0.25, 0.3) is 0 Å². The van der Waals surface area contributed by atoms with Crippen molar-refractivity contribution in [2.45, 2.75) is 12.2 Å². The molecule has 3 aromatic rings. The minimum absolute atomic E-state index is 0.144. The number of morpholine rings is 1. The van der Waals surface area contributed by atoms with Gasteiger partial charge in [-0.2, -0.15) is 0 Å². The van der Waals surface area contributed by atoms with Crippen LogP contribution >= 0.6 is 0 Å². The molecule has 0 N–H and O–H groups in total. The summed E-state index contributed by atoms with van der Waals surface area (Å²) < 4.78 is 11.4. The van der Waals surface area contributed by atoms with Gasteiger partial charge < -0.3 is 9.47 Å². The number of rotatable bonds is 4. The van der Waals surface area contributed by atoms with E-state index in [0.717, 1.165) is 16.7 Å². The van der Waals surface area contributed by atoms with E-state index in [1.54, 1.807) is 0 Å². The third kappa shape index (κ3) is 3.99. The van der Waals surface area contributed by atoms with Crippen LogP contribution in [0, 0.1) is 0 Å². The highest BCUT2D eigenvalue weighted by Gasteiger charge is 2.46. The lowest BCUT2D eigenvalue weighted by Gasteiger charge is -2.42. The van der Waals surface area contributed by atoms with Crippen LogP contribution in [0.2, 0.25) is 0 Å². The molecule has 0 aromatic heterocycles. The van der Waals surface area contributed by atoms with E-state index < -0.39 is 17.7 Å². The first kappa shape index (κ1) is 18.7. The zero-order chi connectivity index (χ0) is 20.1. The Hall–Kier alpha value is -3.60. The Morgan fingerprint density at radius 2 is 1.38 bits per heavy atom. The number of amides is 1. The molecule has 3 aromatic carbocycles. The van der Waals surface area contributed by atoms with Crippen LogP contribution in [-0.2, 0) is 26.5 Å². The summed E-state index contributed by atoms with van der Waals surface area (Å²) in [7, 11) is 0. The van der Waals surface area contributed by atoms with E-state index in [-0.39, 0.29) is 19.7 Å². The Kier molecular flexibility index (Phi) is 5.29. The molecule has 0 spiro atoms.